The molecule has 0 heterocycles. The lowest BCUT2D eigenvalue weighted by Crippen LogP contribution is -2.31. The number of benzene rings is 1. The first-order valence-electron chi connectivity index (χ1n) is 5.80. The van der Waals surface area contributed by atoms with E-state index in [-0.39, 0.29) is 34.2 Å². The fourth-order valence-corrected chi connectivity index (χ4v) is 1.98. The van der Waals surface area contributed by atoms with E-state index in [2.05, 4.69) is 5.32 Å². The van der Waals surface area contributed by atoms with E-state index in [4.69, 9.17) is 16.7 Å². The van der Waals surface area contributed by atoms with Crippen LogP contribution in [0.2, 0.25) is 5.02 Å². The Morgan fingerprint density at radius 3 is 2.68 bits per heavy atom. The highest BCUT2D eigenvalue weighted by atomic mass is 35.5. The van der Waals surface area contributed by atoms with Gasteiger partial charge in [0.25, 0.3) is 11.6 Å². The van der Waals surface area contributed by atoms with Crippen LogP contribution in [0.5, 0.6) is 0 Å². The zero-order chi connectivity index (χ0) is 14.0. The fraction of sp³-hybridized carbons (Fsp3) is 0.417. The van der Waals surface area contributed by atoms with Crippen molar-refractivity contribution >= 4 is 23.2 Å². The van der Waals surface area contributed by atoms with Crippen LogP contribution in [-0.2, 0) is 0 Å². The highest BCUT2D eigenvalue weighted by Gasteiger charge is 2.42. The van der Waals surface area contributed by atoms with Gasteiger partial charge in [-0.25, -0.2) is 0 Å². The Morgan fingerprint density at radius 2 is 2.21 bits per heavy atom. The monoisotopic (exact) mass is 284 g/mol. The lowest BCUT2D eigenvalue weighted by molar-refractivity contribution is -0.384. The number of nitro groups is 1. The fourth-order valence-electron chi connectivity index (χ4n) is 1.73. The molecule has 1 aliphatic carbocycles. The van der Waals surface area contributed by atoms with Crippen LogP contribution in [0.1, 0.15) is 23.2 Å². The molecule has 2 rings (SSSR count). The van der Waals surface area contributed by atoms with Crippen molar-refractivity contribution in [1.29, 1.82) is 0 Å². The molecule has 7 heteroatoms. The molecule has 0 bridgehead atoms. The molecule has 1 aromatic rings. The maximum absolute atomic E-state index is 11.8. The van der Waals surface area contributed by atoms with E-state index < -0.39 is 4.92 Å². The lowest BCUT2D eigenvalue weighted by atomic mass is 10.1. The minimum Gasteiger partial charge on any atom is -0.396 e. The standard InChI is InChI=1S/C12H13ClN2O4/c13-9-5-8(1-2-10(9)15(18)19)11(17)14-6-12(7-16)3-4-12/h1-2,5,16H,3-4,6-7H2,(H,14,17). The van der Waals surface area contributed by atoms with Crippen molar-refractivity contribution in [2.24, 2.45) is 5.41 Å². The molecule has 0 spiro atoms. The van der Waals surface area contributed by atoms with E-state index >= 15 is 0 Å². The summed E-state index contributed by atoms with van der Waals surface area (Å²) in [5.41, 5.74) is -0.142. The van der Waals surface area contributed by atoms with E-state index in [9.17, 15) is 14.9 Å². The Kier molecular flexibility index (Phi) is 3.73. The number of halogens is 1. The third-order valence-electron chi connectivity index (χ3n) is 3.32. The third-order valence-corrected chi connectivity index (χ3v) is 3.63. The first-order chi connectivity index (χ1) is 8.97. The lowest BCUT2D eigenvalue weighted by Gasteiger charge is -2.12. The van der Waals surface area contributed by atoms with Crippen molar-refractivity contribution < 1.29 is 14.8 Å². The minimum absolute atomic E-state index is 0.0499. The molecule has 0 radical (unpaired) electrons. The number of nitrogens with zero attached hydrogens (tertiary/aromatic N) is 1. The number of aliphatic hydroxyl groups excluding tert-OH is 1. The average molecular weight is 285 g/mol. The van der Waals surface area contributed by atoms with Gasteiger partial charge < -0.3 is 10.4 Å². The van der Waals surface area contributed by atoms with Crippen LogP contribution in [0.4, 0.5) is 5.69 Å². The molecule has 102 valence electrons. The van der Waals surface area contributed by atoms with Crippen LogP contribution in [0, 0.1) is 15.5 Å². The van der Waals surface area contributed by atoms with Gasteiger partial charge in [-0.1, -0.05) is 11.6 Å². The average Bonchev–Trinajstić information content (AvgIpc) is 3.16. The van der Waals surface area contributed by atoms with Crippen molar-refractivity contribution in [1.82, 2.24) is 5.32 Å². The smallest absolute Gasteiger partial charge is 0.287 e. The van der Waals surface area contributed by atoms with Gasteiger partial charge in [0.05, 0.1) is 11.5 Å². The summed E-state index contributed by atoms with van der Waals surface area (Å²) in [6.07, 6.45) is 1.79. The minimum atomic E-state index is -0.602. The van der Waals surface area contributed by atoms with Gasteiger partial charge in [-0.2, -0.15) is 0 Å². The number of carbonyl (C=O) groups is 1. The summed E-state index contributed by atoms with van der Waals surface area (Å²) in [5.74, 6) is -0.350. The molecular formula is C12H13ClN2O4. The second-order valence-electron chi connectivity index (χ2n) is 4.76. The Bertz CT molecular complexity index is 528. The number of hydrogen-bond donors (Lipinski definition) is 2. The number of aliphatic hydroxyl groups is 1. The van der Waals surface area contributed by atoms with Crippen molar-refractivity contribution in [2.75, 3.05) is 13.2 Å². The predicted molar refractivity (Wildman–Crippen MR) is 69.2 cm³/mol. The molecule has 19 heavy (non-hydrogen) atoms. The zero-order valence-electron chi connectivity index (χ0n) is 10.1. The van der Waals surface area contributed by atoms with Crippen LogP contribution < -0.4 is 5.32 Å². The number of rotatable bonds is 5. The summed E-state index contributed by atoms with van der Waals surface area (Å²) < 4.78 is 0. The first kappa shape index (κ1) is 13.8. The van der Waals surface area contributed by atoms with Crippen molar-refractivity contribution in [2.45, 2.75) is 12.8 Å². The highest BCUT2D eigenvalue weighted by molar-refractivity contribution is 6.33. The Balaban J connectivity index is 2.03. The number of amides is 1. The number of hydrogen-bond acceptors (Lipinski definition) is 4. The predicted octanol–water partition coefficient (Wildman–Crippen LogP) is 1.75. The molecule has 1 amide bonds. The van der Waals surface area contributed by atoms with Gasteiger partial charge in [-0.05, 0) is 25.0 Å². The van der Waals surface area contributed by atoms with Gasteiger partial charge in [-0.15, -0.1) is 0 Å². The normalized spacial score (nSPS) is 15.9. The molecule has 0 unspecified atom stereocenters. The van der Waals surface area contributed by atoms with E-state index in [1.807, 2.05) is 0 Å². The second-order valence-corrected chi connectivity index (χ2v) is 5.17. The molecule has 0 aromatic heterocycles. The summed E-state index contributed by atoms with van der Waals surface area (Å²) in [5, 5.41) is 22.4. The molecule has 0 atom stereocenters. The van der Waals surface area contributed by atoms with Gasteiger partial charge in [0.1, 0.15) is 5.02 Å². The topological polar surface area (TPSA) is 92.5 Å². The van der Waals surface area contributed by atoms with Crippen LogP contribution in [-0.4, -0.2) is 29.1 Å². The van der Waals surface area contributed by atoms with Crippen molar-refractivity contribution in [3.8, 4) is 0 Å². The molecule has 1 fully saturated rings. The Hall–Kier alpha value is -1.66. The van der Waals surface area contributed by atoms with E-state index in [1.165, 1.54) is 18.2 Å². The van der Waals surface area contributed by atoms with Gasteiger partial charge in [0.15, 0.2) is 0 Å². The Labute approximate surface area is 114 Å². The molecule has 0 saturated heterocycles. The molecule has 2 N–H and O–H groups in total. The largest absolute Gasteiger partial charge is 0.396 e. The summed E-state index contributed by atoms with van der Waals surface area (Å²) in [7, 11) is 0. The van der Waals surface area contributed by atoms with Crippen LogP contribution in [0.15, 0.2) is 18.2 Å². The van der Waals surface area contributed by atoms with E-state index in [1.54, 1.807) is 0 Å². The quantitative estimate of drug-likeness (QED) is 0.636. The molecule has 0 aliphatic heterocycles. The molecule has 1 saturated carbocycles. The summed E-state index contributed by atoms with van der Waals surface area (Å²) in [4.78, 5) is 21.8. The maximum Gasteiger partial charge on any atom is 0.287 e. The summed E-state index contributed by atoms with van der Waals surface area (Å²) in [6, 6.07) is 3.83. The van der Waals surface area contributed by atoms with Crippen molar-refractivity contribution in [3.05, 3.63) is 38.9 Å². The first-order valence-corrected chi connectivity index (χ1v) is 6.18. The molecule has 1 aliphatic rings. The van der Waals surface area contributed by atoms with E-state index in [0.29, 0.717) is 6.54 Å². The van der Waals surface area contributed by atoms with Gasteiger partial charge in [0.2, 0.25) is 0 Å². The Morgan fingerprint density at radius 1 is 1.53 bits per heavy atom. The van der Waals surface area contributed by atoms with Crippen LogP contribution in [0.3, 0.4) is 0 Å². The number of nitrogens with one attached hydrogen (secondary N) is 1. The summed E-state index contributed by atoms with van der Waals surface area (Å²) >= 11 is 5.74. The third kappa shape index (κ3) is 3.02. The zero-order valence-corrected chi connectivity index (χ0v) is 10.8. The summed E-state index contributed by atoms with van der Waals surface area (Å²) in [6.45, 7) is 0.450. The molecule has 1 aromatic carbocycles. The second kappa shape index (κ2) is 5.14. The van der Waals surface area contributed by atoms with Gasteiger partial charge >= 0.3 is 0 Å². The van der Waals surface area contributed by atoms with Crippen LogP contribution in [0.25, 0.3) is 0 Å². The van der Waals surface area contributed by atoms with Crippen LogP contribution >= 0.6 is 11.6 Å². The SMILES string of the molecule is O=C(NCC1(CO)CC1)c1ccc([N+](=O)[O-])c(Cl)c1. The van der Waals surface area contributed by atoms with Gasteiger partial charge in [0, 0.05) is 23.6 Å². The molecular weight excluding hydrogens is 272 g/mol. The number of carbonyl (C=O) groups excluding carboxylic acids is 1. The highest BCUT2D eigenvalue weighted by Crippen LogP contribution is 2.44. The van der Waals surface area contributed by atoms with E-state index in [0.717, 1.165) is 12.8 Å². The van der Waals surface area contributed by atoms with Gasteiger partial charge in [-0.3, -0.25) is 14.9 Å². The number of nitro benzene ring substituents is 1. The maximum atomic E-state index is 11.8. The van der Waals surface area contributed by atoms with Crippen molar-refractivity contribution in [3.63, 3.8) is 0 Å². The molecule has 6 nitrogen and oxygen atoms in total.